The molecule has 1 fully saturated rings. The molecule has 0 aromatic heterocycles. The SMILES string of the molecule is Cc1ccc(N2CC(C)NCC(C)(C)C2)c(Br)c1. The molecule has 1 atom stereocenters. The Labute approximate surface area is 119 Å². The van der Waals surface area contributed by atoms with Gasteiger partial charge >= 0.3 is 0 Å². The monoisotopic (exact) mass is 310 g/mol. The van der Waals surface area contributed by atoms with Crippen molar-refractivity contribution >= 4 is 21.6 Å². The molecule has 1 unspecified atom stereocenters. The first kappa shape index (κ1) is 13.9. The van der Waals surface area contributed by atoms with E-state index in [1.807, 2.05) is 0 Å². The number of nitrogens with one attached hydrogen (secondary N) is 1. The second kappa shape index (κ2) is 5.22. The van der Waals surface area contributed by atoms with Gasteiger partial charge in [-0.15, -0.1) is 0 Å². The van der Waals surface area contributed by atoms with Gasteiger partial charge in [0.2, 0.25) is 0 Å². The van der Waals surface area contributed by atoms with Crippen LogP contribution in [0.4, 0.5) is 5.69 Å². The Morgan fingerprint density at radius 2 is 2.11 bits per heavy atom. The summed E-state index contributed by atoms with van der Waals surface area (Å²) in [6, 6.07) is 7.15. The van der Waals surface area contributed by atoms with Gasteiger partial charge in [0.25, 0.3) is 0 Å². The summed E-state index contributed by atoms with van der Waals surface area (Å²) in [5, 5.41) is 3.61. The van der Waals surface area contributed by atoms with Crippen LogP contribution in [-0.2, 0) is 0 Å². The highest BCUT2D eigenvalue weighted by Crippen LogP contribution is 2.31. The normalized spacial score (nSPS) is 23.8. The molecule has 1 aromatic rings. The molecule has 1 N–H and O–H groups in total. The zero-order valence-corrected chi connectivity index (χ0v) is 13.3. The van der Waals surface area contributed by atoms with Crippen LogP contribution in [0.15, 0.2) is 22.7 Å². The molecule has 0 spiro atoms. The lowest BCUT2D eigenvalue weighted by molar-refractivity contribution is 0.362. The Balaban J connectivity index is 2.29. The maximum Gasteiger partial charge on any atom is 0.0511 e. The van der Waals surface area contributed by atoms with E-state index in [2.05, 4.69) is 72.0 Å². The van der Waals surface area contributed by atoms with E-state index in [0.29, 0.717) is 11.5 Å². The Kier molecular flexibility index (Phi) is 4.02. The van der Waals surface area contributed by atoms with Gasteiger partial charge in [-0.25, -0.2) is 0 Å². The first-order valence-electron chi connectivity index (χ1n) is 6.62. The maximum absolute atomic E-state index is 3.70. The fraction of sp³-hybridized carbons (Fsp3) is 0.600. The number of halogens is 1. The van der Waals surface area contributed by atoms with Crippen molar-refractivity contribution in [2.24, 2.45) is 5.41 Å². The molecule has 0 radical (unpaired) electrons. The molecule has 1 aliphatic heterocycles. The third kappa shape index (κ3) is 3.27. The lowest BCUT2D eigenvalue weighted by Crippen LogP contribution is -2.35. The van der Waals surface area contributed by atoms with Gasteiger partial charge in [0, 0.05) is 30.1 Å². The maximum atomic E-state index is 3.70. The minimum atomic E-state index is 0.301. The topological polar surface area (TPSA) is 15.3 Å². The molecule has 1 aromatic carbocycles. The summed E-state index contributed by atoms with van der Waals surface area (Å²) in [4.78, 5) is 2.49. The summed E-state index contributed by atoms with van der Waals surface area (Å²) < 4.78 is 1.20. The van der Waals surface area contributed by atoms with Gasteiger partial charge in [-0.05, 0) is 52.9 Å². The van der Waals surface area contributed by atoms with Crippen LogP contribution in [0.5, 0.6) is 0 Å². The highest BCUT2D eigenvalue weighted by atomic mass is 79.9. The molecule has 2 rings (SSSR count). The van der Waals surface area contributed by atoms with Crippen molar-refractivity contribution in [1.82, 2.24) is 5.32 Å². The van der Waals surface area contributed by atoms with Crippen molar-refractivity contribution in [3.05, 3.63) is 28.2 Å². The van der Waals surface area contributed by atoms with Crippen molar-refractivity contribution < 1.29 is 0 Å². The molecule has 0 amide bonds. The first-order valence-corrected chi connectivity index (χ1v) is 7.41. The molecule has 18 heavy (non-hydrogen) atoms. The second-order valence-electron chi connectivity index (χ2n) is 6.28. The Bertz CT molecular complexity index is 429. The molecule has 1 aliphatic rings. The largest absolute Gasteiger partial charge is 0.368 e. The predicted octanol–water partition coefficient (Wildman–Crippen LogP) is 3.58. The molecule has 0 bridgehead atoms. The van der Waals surface area contributed by atoms with Crippen LogP contribution in [0, 0.1) is 12.3 Å². The fourth-order valence-corrected chi connectivity index (χ4v) is 3.28. The van der Waals surface area contributed by atoms with E-state index in [1.165, 1.54) is 15.7 Å². The Hall–Kier alpha value is -0.540. The van der Waals surface area contributed by atoms with Gasteiger partial charge < -0.3 is 10.2 Å². The lowest BCUT2D eigenvalue weighted by atomic mass is 9.93. The summed E-state index contributed by atoms with van der Waals surface area (Å²) in [5.74, 6) is 0. The van der Waals surface area contributed by atoms with E-state index in [4.69, 9.17) is 0 Å². The van der Waals surface area contributed by atoms with Crippen molar-refractivity contribution in [3.8, 4) is 0 Å². The smallest absolute Gasteiger partial charge is 0.0511 e. The van der Waals surface area contributed by atoms with Crippen LogP contribution < -0.4 is 10.2 Å². The number of rotatable bonds is 1. The summed E-state index contributed by atoms with van der Waals surface area (Å²) in [7, 11) is 0. The minimum Gasteiger partial charge on any atom is -0.368 e. The third-order valence-electron chi connectivity index (χ3n) is 3.49. The predicted molar refractivity (Wildman–Crippen MR) is 82.3 cm³/mol. The summed E-state index contributed by atoms with van der Waals surface area (Å²) >= 11 is 3.70. The van der Waals surface area contributed by atoms with E-state index in [1.54, 1.807) is 0 Å². The van der Waals surface area contributed by atoms with E-state index < -0.39 is 0 Å². The van der Waals surface area contributed by atoms with Crippen molar-refractivity contribution in [2.75, 3.05) is 24.5 Å². The molecule has 2 nitrogen and oxygen atoms in total. The zero-order chi connectivity index (χ0) is 13.3. The lowest BCUT2D eigenvalue weighted by Gasteiger charge is -2.31. The third-order valence-corrected chi connectivity index (χ3v) is 4.12. The Morgan fingerprint density at radius 3 is 2.78 bits per heavy atom. The number of anilines is 1. The molecule has 100 valence electrons. The molecule has 1 saturated heterocycles. The van der Waals surface area contributed by atoms with Gasteiger partial charge in [0.1, 0.15) is 0 Å². The summed E-state index contributed by atoms with van der Waals surface area (Å²) in [5.41, 5.74) is 2.91. The van der Waals surface area contributed by atoms with Crippen LogP contribution in [0.1, 0.15) is 26.3 Å². The first-order chi connectivity index (χ1) is 8.37. The van der Waals surface area contributed by atoms with Crippen molar-refractivity contribution in [1.29, 1.82) is 0 Å². The van der Waals surface area contributed by atoms with Crippen molar-refractivity contribution in [2.45, 2.75) is 33.7 Å². The van der Waals surface area contributed by atoms with Gasteiger partial charge in [0.15, 0.2) is 0 Å². The van der Waals surface area contributed by atoms with E-state index in [9.17, 15) is 0 Å². The van der Waals surface area contributed by atoms with E-state index in [0.717, 1.165) is 19.6 Å². The quantitative estimate of drug-likeness (QED) is 0.853. The highest BCUT2D eigenvalue weighted by molar-refractivity contribution is 9.10. The van der Waals surface area contributed by atoms with E-state index >= 15 is 0 Å². The fourth-order valence-electron chi connectivity index (χ4n) is 2.53. The molecular formula is C15H23BrN2. The number of nitrogens with zero attached hydrogens (tertiary/aromatic N) is 1. The van der Waals surface area contributed by atoms with Crippen LogP contribution in [-0.4, -0.2) is 25.7 Å². The minimum absolute atomic E-state index is 0.301. The van der Waals surface area contributed by atoms with Crippen LogP contribution >= 0.6 is 15.9 Å². The van der Waals surface area contributed by atoms with Crippen LogP contribution in [0.25, 0.3) is 0 Å². The number of benzene rings is 1. The average Bonchev–Trinajstić information content (AvgIpc) is 2.37. The molecular weight excluding hydrogens is 288 g/mol. The van der Waals surface area contributed by atoms with Crippen LogP contribution in [0.2, 0.25) is 0 Å². The molecule has 1 heterocycles. The second-order valence-corrected chi connectivity index (χ2v) is 7.14. The highest BCUT2D eigenvalue weighted by Gasteiger charge is 2.28. The zero-order valence-electron chi connectivity index (χ0n) is 11.8. The van der Waals surface area contributed by atoms with Gasteiger partial charge in [-0.3, -0.25) is 0 Å². The standard InChI is InChI=1S/C15H23BrN2/c1-11-5-6-14(13(16)7-11)18-8-12(2)17-9-15(3,4)10-18/h5-7,12,17H,8-10H2,1-4H3. The average molecular weight is 311 g/mol. The summed E-state index contributed by atoms with van der Waals surface area (Å²) in [6.45, 7) is 12.3. The number of hydrogen-bond acceptors (Lipinski definition) is 2. The molecule has 0 aliphatic carbocycles. The van der Waals surface area contributed by atoms with Crippen LogP contribution in [0.3, 0.4) is 0 Å². The van der Waals surface area contributed by atoms with E-state index in [-0.39, 0.29) is 0 Å². The number of aryl methyl sites for hydroxylation is 1. The van der Waals surface area contributed by atoms with Crippen molar-refractivity contribution in [3.63, 3.8) is 0 Å². The van der Waals surface area contributed by atoms with Gasteiger partial charge in [0.05, 0.1) is 5.69 Å². The molecule has 3 heteroatoms. The Morgan fingerprint density at radius 1 is 1.39 bits per heavy atom. The molecule has 0 saturated carbocycles. The van der Waals surface area contributed by atoms with Gasteiger partial charge in [-0.2, -0.15) is 0 Å². The number of hydrogen-bond donors (Lipinski definition) is 1. The summed E-state index contributed by atoms with van der Waals surface area (Å²) in [6.07, 6.45) is 0. The van der Waals surface area contributed by atoms with Gasteiger partial charge in [-0.1, -0.05) is 19.9 Å².